The van der Waals surface area contributed by atoms with Gasteiger partial charge in [-0.25, -0.2) is 4.79 Å². The second-order valence-electron chi connectivity index (χ2n) is 11.2. The molecule has 2 aromatic carbocycles. The third kappa shape index (κ3) is 7.39. The summed E-state index contributed by atoms with van der Waals surface area (Å²) in [5, 5.41) is 3.06. The number of carbonyl (C=O) groups excluding carboxylic acids is 1. The summed E-state index contributed by atoms with van der Waals surface area (Å²) in [7, 11) is 1.77. The first-order chi connectivity index (χ1) is 17.3. The van der Waals surface area contributed by atoms with E-state index in [1.807, 2.05) is 26.8 Å². The number of amides is 1. The van der Waals surface area contributed by atoms with E-state index in [0.717, 1.165) is 57.2 Å². The fourth-order valence-corrected chi connectivity index (χ4v) is 5.40. The van der Waals surface area contributed by atoms with Crippen molar-refractivity contribution in [3.05, 3.63) is 48.5 Å². The molecule has 0 aromatic heterocycles. The van der Waals surface area contributed by atoms with Gasteiger partial charge in [0.25, 0.3) is 0 Å². The molecule has 0 atom stereocenters. The molecule has 0 bridgehead atoms. The lowest BCUT2D eigenvalue weighted by Crippen LogP contribution is -2.47. The molecule has 196 valence electrons. The summed E-state index contributed by atoms with van der Waals surface area (Å²) in [4.78, 5) is 17.1. The minimum atomic E-state index is -0.442. The number of rotatable bonds is 7. The SMILES string of the molecule is COc1cc(-c2ccccc2)ccc1N1CCN(CC[C@H]2CC[C@H](NC(=O)OC(C)(C)C)CC2)CC1. The fourth-order valence-electron chi connectivity index (χ4n) is 5.40. The first-order valence-corrected chi connectivity index (χ1v) is 13.5. The van der Waals surface area contributed by atoms with Crippen molar-refractivity contribution in [2.24, 2.45) is 5.92 Å². The van der Waals surface area contributed by atoms with Crippen molar-refractivity contribution in [2.75, 3.05) is 44.7 Å². The van der Waals surface area contributed by atoms with Crippen LogP contribution < -0.4 is 15.0 Å². The highest BCUT2D eigenvalue weighted by Gasteiger charge is 2.26. The molecule has 1 aliphatic heterocycles. The van der Waals surface area contributed by atoms with E-state index in [1.165, 1.54) is 36.1 Å². The normalized spacial score (nSPS) is 21.2. The van der Waals surface area contributed by atoms with Crippen LogP contribution >= 0.6 is 0 Å². The zero-order chi connectivity index (χ0) is 25.5. The molecule has 1 saturated carbocycles. The maximum absolute atomic E-state index is 12.0. The number of benzene rings is 2. The van der Waals surface area contributed by atoms with Crippen molar-refractivity contribution in [2.45, 2.75) is 64.5 Å². The number of anilines is 1. The number of nitrogens with zero attached hydrogens (tertiary/aromatic N) is 2. The molecule has 6 nitrogen and oxygen atoms in total. The summed E-state index contributed by atoms with van der Waals surface area (Å²) in [6, 6.07) is 17.3. The van der Waals surface area contributed by atoms with Crippen molar-refractivity contribution in [1.82, 2.24) is 10.2 Å². The number of ether oxygens (including phenoxy) is 2. The van der Waals surface area contributed by atoms with E-state index in [0.29, 0.717) is 0 Å². The van der Waals surface area contributed by atoms with Gasteiger partial charge in [-0.05, 0) is 88.6 Å². The van der Waals surface area contributed by atoms with E-state index in [-0.39, 0.29) is 12.1 Å². The van der Waals surface area contributed by atoms with Gasteiger partial charge in [-0.3, -0.25) is 4.90 Å². The Morgan fingerprint density at radius 1 is 0.944 bits per heavy atom. The Balaban J connectivity index is 1.19. The van der Waals surface area contributed by atoms with Crippen LogP contribution in [0.2, 0.25) is 0 Å². The smallest absolute Gasteiger partial charge is 0.407 e. The van der Waals surface area contributed by atoms with Crippen molar-refractivity contribution in [3.63, 3.8) is 0 Å². The summed E-state index contributed by atoms with van der Waals surface area (Å²) >= 11 is 0. The van der Waals surface area contributed by atoms with Gasteiger partial charge in [0.15, 0.2) is 0 Å². The van der Waals surface area contributed by atoms with E-state index >= 15 is 0 Å². The van der Waals surface area contributed by atoms with E-state index in [1.54, 1.807) is 7.11 Å². The molecule has 4 rings (SSSR count). The van der Waals surface area contributed by atoms with Crippen LogP contribution in [0.4, 0.5) is 10.5 Å². The topological polar surface area (TPSA) is 54.0 Å². The first kappa shape index (κ1) is 26.3. The van der Waals surface area contributed by atoms with Gasteiger partial charge >= 0.3 is 6.09 Å². The van der Waals surface area contributed by atoms with Crippen molar-refractivity contribution in [3.8, 4) is 16.9 Å². The predicted molar refractivity (Wildman–Crippen MR) is 147 cm³/mol. The third-order valence-electron chi connectivity index (χ3n) is 7.42. The van der Waals surface area contributed by atoms with Gasteiger partial charge in [-0.2, -0.15) is 0 Å². The summed E-state index contributed by atoms with van der Waals surface area (Å²) in [5.41, 5.74) is 3.14. The molecular formula is C30H43N3O3. The third-order valence-corrected chi connectivity index (χ3v) is 7.42. The molecule has 1 heterocycles. The van der Waals surface area contributed by atoms with Gasteiger partial charge < -0.3 is 19.7 Å². The average molecular weight is 494 g/mol. The molecule has 1 N–H and O–H groups in total. The molecule has 6 heteroatoms. The second-order valence-corrected chi connectivity index (χ2v) is 11.2. The van der Waals surface area contributed by atoms with Gasteiger partial charge in [-0.15, -0.1) is 0 Å². The summed E-state index contributed by atoms with van der Waals surface area (Å²) < 4.78 is 11.2. The predicted octanol–water partition coefficient (Wildman–Crippen LogP) is 5.96. The lowest BCUT2D eigenvalue weighted by Gasteiger charge is -2.37. The summed E-state index contributed by atoms with van der Waals surface area (Å²) in [5.74, 6) is 1.70. The number of piperazine rings is 1. The van der Waals surface area contributed by atoms with Gasteiger partial charge in [-0.1, -0.05) is 36.4 Å². The Kier molecular flexibility index (Phi) is 8.78. The Labute approximate surface area is 217 Å². The van der Waals surface area contributed by atoms with Gasteiger partial charge in [0.2, 0.25) is 0 Å². The summed E-state index contributed by atoms with van der Waals surface area (Å²) in [6.07, 6.45) is 5.44. The molecule has 0 spiro atoms. The largest absolute Gasteiger partial charge is 0.495 e. The molecule has 0 radical (unpaired) electrons. The van der Waals surface area contributed by atoms with Crippen molar-refractivity contribution < 1.29 is 14.3 Å². The van der Waals surface area contributed by atoms with Gasteiger partial charge in [0, 0.05) is 32.2 Å². The minimum absolute atomic E-state index is 0.253. The zero-order valence-corrected chi connectivity index (χ0v) is 22.5. The monoisotopic (exact) mass is 493 g/mol. The van der Waals surface area contributed by atoms with E-state index in [9.17, 15) is 4.79 Å². The molecule has 1 saturated heterocycles. The molecule has 0 unspecified atom stereocenters. The zero-order valence-electron chi connectivity index (χ0n) is 22.5. The van der Waals surface area contributed by atoms with Crippen LogP contribution in [-0.4, -0.2) is 62.5 Å². The van der Waals surface area contributed by atoms with Crippen LogP contribution in [0.3, 0.4) is 0 Å². The molecule has 2 aromatic rings. The van der Waals surface area contributed by atoms with Crippen LogP contribution in [0.15, 0.2) is 48.5 Å². The van der Waals surface area contributed by atoms with E-state index in [2.05, 4.69) is 57.6 Å². The van der Waals surface area contributed by atoms with Gasteiger partial charge in [0.1, 0.15) is 11.4 Å². The average Bonchev–Trinajstić information content (AvgIpc) is 2.87. The van der Waals surface area contributed by atoms with Crippen LogP contribution in [-0.2, 0) is 4.74 Å². The minimum Gasteiger partial charge on any atom is -0.495 e. The maximum Gasteiger partial charge on any atom is 0.407 e. The van der Waals surface area contributed by atoms with Crippen LogP contribution in [0.25, 0.3) is 11.1 Å². The number of hydrogen-bond donors (Lipinski definition) is 1. The molecule has 1 amide bonds. The van der Waals surface area contributed by atoms with Crippen molar-refractivity contribution >= 4 is 11.8 Å². The fraction of sp³-hybridized carbons (Fsp3) is 0.567. The number of nitrogens with one attached hydrogen (secondary N) is 1. The standard InChI is InChI=1S/C30H43N3O3/c1-30(2,3)36-29(34)31-26-13-10-23(11-14-26)16-17-32-18-20-33(21-19-32)27-15-12-25(22-28(27)35-4)24-8-6-5-7-9-24/h5-9,12,15,22-23,26H,10-11,13-14,16-21H2,1-4H3,(H,31,34)/t23-,26-. The number of methoxy groups -OCH3 is 1. The highest BCUT2D eigenvalue weighted by Crippen LogP contribution is 2.34. The molecule has 1 aliphatic carbocycles. The molecule has 2 aliphatic rings. The Morgan fingerprint density at radius 3 is 2.28 bits per heavy atom. The van der Waals surface area contributed by atoms with Crippen LogP contribution in [0, 0.1) is 5.92 Å². The molecule has 2 fully saturated rings. The Bertz CT molecular complexity index is 973. The van der Waals surface area contributed by atoms with E-state index < -0.39 is 5.60 Å². The highest BCUT2D eigenvalue weighted by molar-refractivity contribution is 5.71. The highest BCUT2D eigenvalue weighted by atomic mass is 16.6. The first-order valence-electron chi connectivity index (χ1n) is 13.5. The van der Waals surface area contributed by atoms with Crippen molar-refractivity contribution in [1.29, 1.82) is 0 Å². The summed E-state index contributed by atoms with van der Waals surface area (Å²) in [6.45, 7) is 11.1. The Hall–Kier alpha value is -2.73. The molecule has 36 heavy (non-hydrogen) atoms. The number of alkyl carbamates (subject to hydrolysis) is 1. The number of hydrogen-bond acceptors (Lipinski definition) is 5. The van der Waals surface area contributed by atoms with Gasteiger partial charge in [0.05, 0.1) is 12.8 Å². The molecular weight excluding hydrogens is 450 g/mol. The van der Waals surface area contributed by atoms with Crippen LogP contribution in [0.5, 0.6) is 5.75 Å². The second kappa shape index (κ2) is 12.0. The van der Waals surface area contributed by atoms with E-state index in [4.69, 9.17) is 9.47 Å². The Morgan fingerprint density at radius 2 is 1.64 bits per heavy atom. The lowest BCUT2D eigenvalue weighted by atomic mass is 9.84. The van der Waals surface area contributed by atoms with Crippen LogP contribution in [0.1, 0.15) is 52.9 Å². The quantitative estimate of drug-likeness (QED) is 0.516. The maximum atomic E-state index is 12.0. The lowest BCUT2D eigenvalue weighted by molar-refractivity contribution is 0.0486. The number of carbonyl (C=O) groups is 1.